The van der Waals surface area contributed by atoms with Crippen LogP contribution in [-0.2, 0) is 4.79 Å². The fourth-order valence-corrected chi connectivity index (χ4v) is 2.94. The van der Waals surface area contributed by atoms with Crippen LogP contribution in [0.2, 0.25) is 0 Å². The minimum atomic E-state index is -0.475. The first-order chi connectivity index (χ1) is 13.2. The van der Waals surface area contributed by atoms with Gasteiger partial charge >= 0.3 is 0 Å². The number of nitrogens with zero attached hydrogens (tertiary/aromatic N) is 3. The molecule has 0 aromatic carbocycles. The van der Waals surface area contributed by atoms with Gasteiger partial charge in [-0.1, -0.05) is 75.6 Å². The van der Waals surface area contributed by atoms with E-state index >= 15 is 0 Å². The minimum absolute atomic E-state index is 0.0835. The fourth-order valence-electron chi connectivity index (χ4n) is 2.94. The van der Waals surface area contributed by atoms with Crippen LogP contribution < -0.4 is 5.32 Å². The van der Waals surface area contributed by atoms with Gasteiger partial charge in [-0.25, -0.2) is 0 Å². The van der Waals surface area contributed by atoms with E-state index < -0.39 is 6.04 Å². The van der Waals surface area contributed by atoms with Gasteiger partial charge in [-0.15, -0.1) is 0 Å². The number of unbranched alkanes of at least 4 members (excludes halogenated alkanes) is 11. The number of aliphatic hydroxyl groups is 1. The van der Waals surface area contributed by atoms with E-state index in [0.717, 1.165) is 25.7 Å². The number of rotatable bonds is 19. The molecule has 1 atom stereocenters. The van der Waals surface area contributed by atoms with Crippen molar-refractivity contribution in [2.24, 2.45) is 5.11 Å². The zero-order chi connectivity index (χ0) is 20.0. The molecule has 27 heavy (non-hydrogen) atoms. The Balaban J connectivity index is 3.40. The summed E-state index contributed by atoms with van der Waals surface area (Å²) in [5.41, 5.74) is 8.26. The quantitative estimate of drug-likeness (QED) is 0.0971. The highest BCUT2D eigenvalue weighted by molar-refractivity contribution is 5.76. The van der Waals surface area contributed by atoms with E-state index in [1.165, 1.54) is 57.8 Å². The van der Waals surface area contributed by atoms with Crippen LogP contribution in [0, 0.1) is 0 Å². The number of aliphatic hydroxyl groups excluding tert-OH is 1. The third-order valence-corrected chi connectivity index (χ3v) is 4.62. The Morgan fingerprint density at radius 3 is 2.11 bits per heavy atom. The lowest BCUT2D eigenvalue weighted by Gasteiger charge is -2.13. The van der Waals surface area contributed by atoms with Crippen molar-refractivity contribution in [3.05, 3.63) is 22.6 Å². The Morgan fingerprint density at radius 1 is 1.00 bits per heavy atom. The molecular formula is C21H40N4O2. The number of azide groups is 1. The molecule has 0 radical (unpaired) electrons. The molecule has 6 nitrogen and oxygen atoms in total. The lowest BCUT2D eigenvalue weighted by Crippen LogP contribution is -2.39. The Labute approximate surface area is 165 Å². The Hall–Kier alpha value is -1.52. The van der Waals surface area contributed by atoms with E-state index in [0.29, 0.717) is 6.42 Å². The molecular weight excluding hydrogens is 340 g/mol. The van der Waals surface area contributed by atoms with Crippen LogP contribution in [0.25, 0.3) is 10.4 Å². The second-order valence-corrected chi connectivity index (χ2v) is 7.19. The van der Waals surface area contributed by atoms with E-state index in [9.17, 15) is 4.79 Å². The smallest absolute Gasteiger partial charge is 0.220 e. The van der Waals surface area contributed by atoms with Gasteiger partial charge in [-0.3, -0.25) is 4.79 Å². The number of hydrogen-bond donors (Lipinski definition) is 2. The molecule has 0 aromatic rings. The Kier molecular flexibility index (Phi) is 19.6. The number of nitrogens with one attached hydrogen (secondary N) is 1. The maximum Gasteiger partial charge on any atom is 0.220 e. The lowest BCUT2D eigenvalue weighted by molar-refractivity contribution is -0.122. The molecule has 2 N–H and O–H groups in total. The normalized spacial score (nSPS) is 12.1. The number of carbonyl (C=O) groups excluding carboxylic acids is 1. The van der Waals surface area contributed by atoms with Gasteiger partial charge in [-0.2, -0.15) is 0 Å². The summed E-state index contributed by atoms with van der Waals surface area (Å²) in [4.78, 5) is 14.4. The highest BCUT2D eigenvalue weighted by Crippen LogP contribution is 2.10. The van der Waals surface area contributed by atoms with Gasteiger partial charge in [0.15, 0.2) is 0 Å². The van der Waals surface area contributed by atoms with Crippen LogP contribution in [0.5, 0.6) is 0 Å². The topological polar surface area (TPSA) is 98.1 Å². The Morgan fingerprint density at radius 2 is 1.56 bits per heavy atom. The summed E-state index contributed by atoms with van der Waals surface area (Å²) >= 11 is 0. The molecule has 0 aliphatic carbocycles. The lowest BCUT2D eigenvalue weighted by atomic mass is 10.1. The molecule has 0 aromatic heterocycles. The molecule has 1 amide bonds. The summed E-state index contributed by atoms with van der Waals surface area (Å²) in [6.07, 6.45) is 21.1. The Bertz CT molecular complexity index is 420. The number of carbonyl (C=O) groups is 1. The predicted molar refractivity (Wildman–Crippen MR) is 112 cm³/mol. The number of amides is 1. The number of allylic oxidation sites excluding steroid dienone is 2. The summed E-state index contributed by atoms with van der Waals surface area (Å²) in [7, 11) is 0. The van der Waals surface area contributed by atoms with Crippen molar-refractivity contribution < 1.29 is 9.90 Å². The summed E-state index contributed by atoms with van der Waals surface area (Å²) in [6.45, 7) is 2.13. The standard InChI is InChI=1S/C21H40N4O2/c1-2-3-4-5-6-7-8-9-10-11-12-13-14-15-16-17-21(27)24-20(19-26)18-23-25-22/h9-10,20,26H,2-8,11-19H2,1H3,(H,24,27)/b10-9-/t20-/m1/s1. The summed E-state index contributed by atoms with van der Waals surface area (Å²) in [5, 5.41) is 15.2. The molecule has 0 aliphatic heterocycles. The van der Waals surface area contributed by atoms with Crippen LogP contribution >= 0.6 is 0 Å². The average molecular weight is 381 g/mol. The second-order valence-electron chi connectivity index (χ2n) is 7.19. The van der Waals surface area contributed by atoms with Gasteiger partial charge < -0.3 is 10.4 Å². The highest BCUT2D eigenvalue weighted by atomic mass is 16.3. The van der Waals surface area contributed by atoms with Crippen molar-refractivity contribution >= 4 is 5.91 Å². The molecule has 0 rings (SSSR count). The van der Waals surface area contributed by atoms with Crippen molar-refractivity contribution in [1.29, 1.82) is 0 Å². The van der Waals surface area contributed by atoms with Crippen molar-refractivity contribution in [3.63, 3.8) is 0 Å². The minimum Gasteiger partial charge on any atom is -0.394 e. The monoisotopic (exact) mass is 380 g/mol. The van der Waals surface area contributed by atoms with Gasteiger partial charge in [0.2, 0.25) is 5.91 Å². The number of hydrogen-bond acceptors (Lipinski definition) is 3. The highest BCUT2D eigenvalue weighted by Gasteiger charge is 2.09. The van der Waals surface area contributed by atoms with Gasteiger partial charge in [-0.05, 0) is 37.6 Å². The summed E-state index contributed by atoms with van der Waals surface area (Å²) < 4.78 is 0. The van der Waals surface area contributed by atoms with Crippen molar-refractivity contribution in [2.75, 3.05) is 13.2 Å². The molecule has 0 aliphatic rings. The fraction of sp³-hybridized carbons (Fsp3) is 0.857. The van der Waals surface area contributed by atoms with Crippen molar-refractivity contribution in [2.45, 2.75) is 103 Å². The maximum absolute atomic E-state index is 11.7. The molecule has 0 bridgehead atoms. The first-order valence-electron chi connectivity index (χ1n) is 10.8. The summed E-state index contributed by atoms with van der Waals surface area (Å²) in [5.74, 6) is -0.0835. The third kappa shape index (κ3) is 19.1. The SMILES string of the molecule is CCCCCCCC/C=C\CCCCCCCC(=O)N[C@@H](CO)CN=[N+]=[N-]. The van der Waals surface area contributed by atoms with E-state index in [-0.39, 0.29) is 19.1 Å². The molecule has 0 saturated heterocycles. The van der Waals surface area contributed by atoms with Crippen molar-refractivity contribution in [1.82, 2.24) is 5.32 Å². The molecule has 0 unspecified atom stereocenters. The maximum atomic E-state index is 11.7. The molecule has 156 valence electrons. The molecule has 0 saturated carbocycles. The molecule has 6 heteroatoms. The van der Waals surface area contributed by atoms with Crippen molar-refractivity contribution in [3.8, 4) is 0 Å². The third-order valence-electron chi connectivity index (χ3n) is 4.62. The van der Waals surface area contributed by atoms with Crippen LogP contribution in [0.3, 0.4) is 0 Å². The summed E-state index contributed by atoms with van der Waals surface area (Å²) in [6, 6.07) is -0.475. The van der Waals surface area contributed by atoms with Gasteiger partial charge in [0, 0.05) is 17.9 Å². The van der Waals surface area contributed by atoms with Crippen LogP contribution in [0.15, 0.2) is 17.3 Å². The van der Waals surface area contributed by atoms with E-state index in [1.807, 2.05) is 0 Å². The molecule has 0 spiro atoms. The molecule has 0 heterocycles. The first-order valence-corrected chi connectivity index (χ1v) is 10.8. The average Bonchev–Trinajstić information content (AvgIpc) is 2.68. The van der Waals surface area contributed by atoms with Crippen LogP contribution in [0.4, 0.5) is 0 Å². The van der Waals surface area contributed by atoms with E-state index in [2.05, 4.69) is 34.4 Å². The predicted octanol–water partition coefficient (Wildman–Crippen LogP) is 5.81. The van der Waals surface area contributed by atoms with Crippen LogP contribution in [0.1, 0.15) is 96.8 Å². The van der Waals surface area contributed by atoms with Gasteiger partial charge in [0.25, 0.3) is 0 Å². The van der Waals surface area contributed by atoms with E-state index in [1.54, 1.807) is 0 Å². The van der Waals surface area contributed by atoms with E-state index in [4.69, 9.17) is 10.6 Å². The van der Waals surface area contributed by atoms with Gasteiger partial charge in [0.1, 0.15) is 0 Å². The largest absolute Gasteiger partial charge is 0.394 e. The molecule has 0 fully saturated rings. The second kappa shape index (κ2) is 20.8. The van der Waals surface area contributed by atoms with Gasteiger partial charge in [0.05, 0.1) is 12.6 Å². The zero-order valence-corrected chi connectivity index (χ0v) is 17.2. The zero-order valence-electron chi connectivity index (χ0n) is 17.2. The first kappa shape index (κ1) is 25.5. The van der Waals surface area contributed by atoms with Crippen LogP contribution in [-0.4, -0.2) is 30.2 Å².